The maximum absolute atomic E-state index is 13.9. The fraction of sp³-hybridized carbons (Fsp3) is 0.500. The lowest BCUT2D eigenvalue weighted by molar-refractivity contribution is 0.488. The Morgan fingerprint density at radius 1 is 1.44 bits per heavy atom. The quantitative estimate of drug-likeness (QED) is 0.907. The van der Waals surface area contributed by atoms with E-state index in [-0.39, 0.29) is 0 Å². The number of rotatable bonds is 5. The van der Waals surface area contributed by atoms with Gasteiger partial charge in [-0.25, -0.2) is 12.8 Å². The molecule has 1 aromatic rings. The van der Waals surface area contributed by atoms with Crippen LogP contribution in [-0.2, 0) is 9.84 Å². The molecule has 0 aromatic heterocycles. The van der Waals surface area contributed by atoms with Gasteiger partial charge in [-0.2, -0.15) is 0 Å². The molecule has 0 fully saturated rings. The fourth-order valence-electron chi connectivity index (χ4n) is 1.75. The van der Waals surface area contributed by atoms with E-state index in [2.05, 4.69) is 5.32 Å². The van der Waals surface area contributed by atoms with Crippen molar-refractivity contribution in [3.05, 3.63) is 34.6 Å². The minimum Gasteiger partial charge on any atom is -0.309 e. The first-order chi connectivity index (χ1) is 8.27. The van der Waals surface area contributed by atoms with Gasteiger partial charge in [0.05, 0.1) is 11.3 Å². The van der Waals surface area contributed by atoms with Gasteiger partial charge in [-0.1, -0.05) is 24.6 Å². The normalized spacial score (nSPS) is 15.4. The van der Waals surface area contributed by atoms with E-state index in [1.54, 1.807) is 13.0 Å². The van der Waals surface area contributed by atoms with Crippen LogP contribution in [0.4, 0.5) is 4.39 Å². The first kappa shape index (κ1) is 15.4. The Balaban J connectivity index is 3.20. The van der Waals surface area contributed by atoms with Crippen LogP contribution in [0.3, 0.4) is 0 Å². The standard InChI is InChI=1S/C12H17ClFNO2S/c1-4-15-12(8(2)18(3,16)17)10-6-5-9(13)7-11(10)14/h5-8,12,15H,4H2,1-3H3. The molecule has 0 bridgehead atoms. The maximum Gasteiger partial charge on any atom is 0.151 e. The zero-order chi connectivity index (χ0) is 13.9. The Bertz CT molecular complexity index is 519. The lowest BCUT2D eigenvalue weighted by atomic mass is 10.0. The molecule has 0 amide bonds. The highest BCUT2D eigenvalue weighted by molar-refractivity contribution is 7.91. The van der Waals surface area contributed by atoms with E-state index in [1.807, 2.05) is 6.92 Å². The molecule has 6 heteroatoms. The average molecular weight is 294 g/mol. The molecule has 3 nitrogen and oxygen atoms in total. The van der Waals surface area contributed by atoms with E-state index >= 15 is 0 Å². The summed E-state index contributed by atoms with van der Waals surface area (Å²) in [6.07, 6.45) is 1.15. The topological polar surface area (TPSA) is 46.2 Å². The van der Waals surface area contributed by atoms with Gasteiger partial charge >= 0.3 is 0 Å². The summed E-state index contributed by atoms with van der Waals surface area (Å²) in [5.74, 6) is -0.496. The van der Waals surface area contributed by atoms with Crippen LogP contribution < -0.4 is 5.32 Å². The molecule has 0 saturated carbocycles. The van der Waals surface area contributed by atoms with E-state index in [1.165, 1.54) is 12.1 Å². The van der Waals surface area contributed by atoms with E-state index in [0.717, 1.165) is 6.26 Å². The van der Waals surface area contributed by atoms with Crippen LogP contribution in [0.25, 0.3) is 0 Å². The number of nitrogens with one attached hydrogen (secondary N) is 1. The van der Waals surface area contributed by atoms with E-state index < -0.39 is 26.9 Å². The summed E-state index contributed by atoms with van der Waals surface area (Å²) in [6.45, 7) is 3.96. The number of benzene rings is 1. The molecule has 18 heavy (non-hydrogen) atoms. The highest BCUT2D eigenvalue weighted by Gasteiger charge is 2.28. The Kier molecular flexibility index (Phi) is 5.13. The van der Waals surface area contributed by atoms with Crippen LogP contribution in [0.5, 0.6) is 0 Å². The van der Waals surface area contributed by atoms with Crippen LogP contribution in [0.1, 0.15) is 25.5 Å². The highest BCUT2D eigenvalue weighted by Crippen LogP contribution is 2.26. The summed E-state index contributed by atoms with van der Waals surface area (Å²) in [6, 6.07) is 3.68. The molecule has 0 saturated heterocycles. The first-order valence-corrected chi connectivity index (χ1v) is 7.97. The average Bonchev–Trinajstić information content (AvgIpc) is 2.24. The Hall–Kier alpha value is -0.650. The fourth-order valence-corrected chi connectivity index (χ4v) is 2.65. The Labute approximate surface area is 112 Å². The largest absolute Gasteiger partial charge is 0.309 e. The van der Waals surface area contributed by atoms with Crippen LogP contribution in [-0.4, -0.2) is 26.5 Å². The van der Waals surface area contributed by atoms with Gasteiger partial charge in [0.2, 0.25) is 0 Å². The second-order valence-corrected chi connectivity index (χ2v) is 7.07. The third-order valence-electron chi connectivity index (χ3n) is 2.87. The van der Waals surface area contributed by atoms with Crippen molar-refractivity contribution >= 4 is 21.4 Å². The summed E-state index contributed by atoms with van der Waals surface area (Å²) in [5.41, 5.74) is 0.319. The third-order valence-corrected chi connectivity index (χ3v) is 4.72. The summed E-state index contributed by atoms with van der Waals surface area (Å²) < 4.78 is 37.1. The lowest BCUT2D eigenvalue weighted by Crippen LogP contribution is -2.35. The molecular formula is C12H17ClFNO2S. The maximum atomic E-state index is 13.9. The zero-order valence-electron chi connectivity index (χ0n) is 10.6. The summed E-state index contributed by atoms with van der Waals surface area (Å²) in [7, 11) is -3.26. The number of hydrogen-bond acceptors (Lipinski definition) is 3. The molecule has 102 valence electrons. The Morgan fingerprint density at radius 3 is 2.50 bits per heavy atom. The van der Waals surface area contributed by atoms with Crippen LogP contribution in [0.2, 0.25) is 5.02 Å². The summed E-state index contributed by atoms with van der Waals surface area (Å²) in [4.78, 5) is 0. The predicted octanol–water partition coefficient (Wildman–Crippen LogP) is 2.56. The molecule has 0 spiro atoms. The minimum atomic E-state index is -3.26. The molecule has 1 rings (SSSR count). The number of sulfone groups is 1. The second kappa shape index (κ2) is 5.99. The van der Waals surface area contributed by atoms with Crippen molar-refractivity contribution in [3.63, 3.8) is 0 Å². The van der Waals surface area contributed by atoms with Gasteiger partial charge in [-0.3, -0.25) is 0 Å². The van der Waals surface area contributed by atoms with Crippen molar-refractivity contribution in [1.29, 1.82) is 0 Å². The smallest absolute Gasteiger partial charge is 0.151 e. The van der Waals surface area contributed by atoms with Crippen LogP contribution in [0, 0.1) is 5.82 Å². The highest BCUT2D eigenvalue weighted by atomic mass is 35.5. The molecule has 2 unspecified atom stereocenters. The van der Waals surface area contributed by atoms with Crippen molar-refractivity contribution in [3.8, 4) is 0 Å². The monoisotopic (exact) mass is 293 g/mol. The van der Waals surface area contributed by atoms with Crippen molar-refractivity contribution in [2.24, 2.45) is 0 Å². The van der Waals surface area contributed by atoms with Crippen molar-refractivity contribution in [2.75, 3.05) is 12.8 Å². The second-order valence-electron chi connectivity index (χ2n) is 4.24. The molecule has 1 N–H and O–H groups in total. The summed E-state index contributed by atoms with van der Waals surface area (Å²) >= 11 is 5.69. The minimum absolute atomic E-state index is 0.290. The van der Waals surface area contributed by atoms with E-state index in [9.17, 15) is 12.8 Å². The molecule has 2 atom stereocenters. The molecular weight excluding hydrogens is 277 g/mol. The summed E-state index contributed by atoms with van der Waals surface area (Å²) in [5, 5.41) is 2.58. The van der Waals surface area contributed by atoms with Gasteiger partial charge < -0.3 is 5.32 Å². The first-order valence-electron chi connectivity index (χ1n) is 5.64. The van der Waals surface area contributed by atoms with Crippen molar-refractivity contribution in [1.82, 2.24) is 5.32 Å². The predicted molar refractivity (Wildman–Crippen MR) is 72.1 cm³/mol. The molecule has 0 radical (unpaired) electrons. The van der Waals surface area contributed by atoms with Crippen molar-refractivity contribution < 1.29 is 12.8 Å². The van der Waals surface area contributed by atoms with E-state index in [4.69, 9.17) is 11.6 Å². The SMILES string of the molecule is CCNC(c1ccc(Cl)cc1F)C(C)S(C)(=O)=O. The molecule has 1 aromatic carbocycles. The van der Waals surface area contributed by atoms with Crippen LogP contribution in [0.15, 0.2) is 18.2 Å². The molecule has 0 aliphatic rings. The van der Waals surface area contributed by atoms with Gasteiger partial charge in [-0.15, -0.1) is 0 Å². The van der Waals surface area contributed by atoms with Gasteiger partial charge in [0.15, 0.2) is 9.84 Å². The molecule has 0 aliphatic heterocycles. The third kappa shape index (κ3) is 3.67. The van der Waals surface area contributed by atoms with E-state index in [0.29, 0.717) is 17.1 Å². The van der Waals surface area contributed by atoms with Crippen LogP contribution >= 0.6 is 11.6 Å². The lowest BCUT2D eigenvalue weighted by Gasteiger charge is -2.24. The Morgan fingerprint density at radius 2 is 2.06 bits per heavy atom. The number of hydrogen-bond donors (Lipinski definition) is 1. The number of halogens is 2. The van der Waals surface area contributed by atoms with Gasteiger partial charge in [0.25, 0.3) is 0 Å². The van der Waals surface area contributed by atoms with Gasteiger partial charge in [-0.05, 0) is 25.6 Å². The van der Waals surface area contributed by atoms with Gasteiger partial charge in [0, 0.05) is 16.8 Å². The van der Waals surface area contributed by atoms with Gasteiger partial charge in [0.1, 0.15) is 5.82 Å². The molecule has 0 heterocycles. The zero-order valence-corrected chi connectivity index (χ0v) is 12.1. The molecule has 0 aliphatic carbocycles. The van der Waals surface area contributed by atoms with Crippen molar-refractivity contribution in [2.45, 2.75) is 25.1 Å².